The first kappa shape index (κ1) is 17.5. The molecule has 0 bridgehead atoms. The van der Waals surface area contributed by atoms with Gasteiger partial charge in [0, 0.05) is 25.5 Å². The average molecular weight is 364 g/mol. The Morgan fingerprint density at radius 1 is 1.22 bits per heavy atom. The van der Waals surface area contributed by atoms with Crippen LogP contribution in [0.3, 0.4) is 0 Å². The lowest BCUT2D eigenvalue weighted by atomic mass is 9.97. The molecule has 6 heteroatoms. The van der Waals surface area contributed by atoms with Crippen molar-refractivity contribution in [3.63, 3.8) is 0 Å². The van der Waals surface area contributed by atoms with E-state index in [4.69, 9.17) is 4.42 Å². The van der Waals surface area contributed by atoms with Gasteiger partial charge in [-0.3, -0.25) is 9.69 Å². The molecule has 1 aromatic carbocycles. The van der Waals surface area contributed by atoms with Crippen LogP contribution in [0.15, 0.2) is 65.5 Å². The van der Waals surface area contributed by atoms with Crippen LogP contribution in [0.4, 0.5) is 0 Å². The van der Waals surface area contributed by atoms with Crippen LogP contribution in [0.1, 0.15) is 24.2 Å². The number of piperidine rings is 1. The van der Waals surface area contributed by atoms with Crippen LogP contribution < -0.4 is 5.32 Å². The van der Waals surface area contributed by atoms with Crippen LogP contribution in [0.25, 0.3) is 5.69 Å². The van der Waals surface area contributed by atoms with Gasteiger partial charge in [-0.25, -0.2) is 4.68 Å². The Hall–Kier alpha value is -2.86. The fourth-order valence-electron chi connectivity index (χ4n) is 3.66. The van der Waals surface area contributed by atoms with Gasteiger partial charge in [0.2, 0.25) is 5.91 Å². The summed E-state index contributed by atoms with van der Waals surface area (Å²) in [7, 11) is 0. The summed E-state index contributed by atoms with van der Waals surface area (Å²) < 4.78 is 7.26. The molecule has 0 unspecified atom stereocenters. The maximum Gasteiger partial charge on any atom is 0.224 e. The van der Waals surface area contributed by atoms with E-state index in [1.807, 2.05) is 53.3 Å². The summed E-state index contributed by atoms with van der Waals surface area (Å²) in [6.07, 6.45) is 7.32. The zero-order valence-electron chi connectivity index (χ0n) is 15.3. The van der Waals surface area contributed by atoms with Gasteiger partial charge in [-0.2, -0.15) is 5.10 Å². The second kappa shape index (κ2) is 8.22. The van der Waals surface area contributed by atoms with Crippen molar-refractivity contribution in [2.24, 2.45) is 5.92 Å². The lowest BCUT2D eigenvalue weighted by Crippen LogP contribution is -2.42. The highest BCUT2D eigenvalue weighted by Gasteiger charge is 2.26. The highest BCUT2D eigenvalue weighted by Crippen LogP contribution is 2.20. The summed E-state index contributed by atoms with van der Waals surface area (Å²) in [5.41, 5.74) is 2.05. The predicted molar refractivity (Wildman–Crippen MR) is 102 cm³/mol. The first-order chi connectivity index (χ1) is 13.3. The number of nitrogens with one attached hydrogen (secondary N) is 1. The van der Waals surface area contributed by atoms with Gasteiger partial charge in [0.25, 0.3) is 0 Å². The Labute approximate surface area is 158 Å². The van der Waals surface area contributed by atoms with E-state index >= 15 is 0 Å². The molecule has 3 aromatic rings. The van der Waals surface area contributed by atoms with E-state index in [2.05, 4.69) is 15.3 Å². The topological polar surface area (TPSA) is 63.3 Å². The van der Waals surface area contributed by atoms with Crippen molar-refractivity contribution in [1.29, 1.82) is 0 Å². The molecule has 4 rings (SSSR count). The van der Waals surface area contributed by atoms with Crippen molar-refractivity contribution >= 4 is 5.91 Å². The quantitative estimate of drug-likeness (QED) is 0.730. The number of carbonyl (C=O) groups is 1. The van der Waals surface area contributed by atoms with Gasteiger partial charge in [0.05, 0.1) is 24.4 Å². The van der Waals surface area contributed by atoms with E-state index in [1.54, 1.807) is 12.5 Å². The maximum absolute atomic E-state index is 12.7. The summed E-state index contributed by atoms with van der Waals surface area (Å²) in [6, 6.07) is 13.8. The third kappa shape index (κ3) is 4.28. The normalized spacial score (nSPS) is 17.7. The standard InChI is InChI=1S/C21H24N4O2/c26-21(18-7-3-11-24(15-18)16-19-8-4-13-27-19)22-14-17-6-1-2-9-20(17)25-12-5-10-23-25/h1-2,4-6,8-10,12-13,18H,3,7,11,14-16H2,(H,22,26)/t18-/m1/s1. The van der Waals surface area contributed by atoms with Crippen molar-refractivity contribution in [1.82, 2.24) is 20.0 Å². The largest absolute Gasteiger partial charge is 0.468 e. The smallest absolute Gasteiger partial charge is 0.224 e. The third-order valence-electron chi connectivity index (χ3n) is 5.03. The molecule has 140 valence electrons. The molecule has 0 aliphatic carbocycles. The van der Waals surface area contributed by atoms with E-state index in [0.717, 1.165) is 49.5 Å². The van der Waals surface area contributed by atoms with E-state index in [9.17, 15) is 4.79 Å². The Bertz CT molecular complexity index is 858. The number of carbonyl (C=O) groups excluding carboxylic acids is 1. The molecule has 0 radical (unpaired) electrons. The van der Waals surface area contributed by atoms with Gasteiger partial charge in [-0.1, -0.05) is 18.2 Å². The lowest BCUT2D eigenvalue weighted by molar-refractivity contribution is -0.127. The predicted octanol–water partition coefficient (Wildman–Crippen LogP) is 2.99. The van der Waals surface area contributed by atoms with Crippen molar-refractivity contribution in [2.45, 2.75) is 25.9 Å². The molecular formula is C21H24N4O2. The second-order valence-corrected chi connectivity index (χ2v) is 6.95. The fraction of sp³-hybridized carbons (Fsp3) is 0.333. The van der Waals surface area contributed by atoms with Crippen molar-refractivity contribution in [2.75, 3.05) is 13.1 Å². The molecule has 1 aliphatic heterocycles. The monoisotopic (exact) mass is 364 g/mol. The van der Waals surface area contributed by atoms with Gasteiger partial charge < -0.3 is 9.73 Å². The van der Waals surface area contributed by atoms with E-state index in [-0.39, 0.29) is 11.8 Å². The molecule has 1 atom stereocenters. The Morgan fingerprint density at radius 3 is 2.96 bits per heavy atom. The number of rotatable bonds is 6. The van der Waals surface area contributed by atoms with Crippen LogP contribution in [0.2, 0.25) is 0 Å². The van der Waals surface area contributed by atoms with Crippen molar-refractivity contribution in [3.05, 3.63) is 72.4 Å². The first-order valence-electron chi connectivity index (χ1n) is 9.40. The van der Waals surface area contributed by atoms with Gasteiger partial charge >= 0.3 is 0 Å². The molecule has 1 saturated heterocycles. The fourth-order valence-corrected chi connectivity index (χ4v) is 3.66. The van der Waals surface area contributed by atoms with Crippen molar-refractivity contribution < 1.29 is 9.21 Å². The number of likely N-dealkylation sites (tertiary alicyclic amines) is 1. The summed E-state index contributed by atoms with van der Waals surface area (Å²) in [5, 5.41) is 7.42. The van der Waals surface area contributed by atoms with Gasteiger partial charge in [0.1, 0.15) is 5.76 Å². The Morgan fingerprint density at radius 2 is 2.15 bits per heavy atom. The van der Waals surface area contributed by atoms with Crippen LogP contribution in [-0.4, -0.2) is 33.7 Å². The van der Waals surface area contributed by atoms with Crippen LogP contribution >= 0.6 is 0 Å². The molecule has 0 saturated carbocycles. The number of aromatic nitrogens is 2. The number of furan rings is 1. The Kier molecular flexibility index (Phi) is 5.34. The average Bonchev–Trinajstić information content (AvgIpc) is 3.41. The van der Waals surface area contributed by atoms with Crippen molar-refractivity contribution in [3.8, 4) is 5.69 Å². The van der Waals surface area contributed by atoms with E-state index < -0.39 is 0 Å². The van der Waals surface area contributed by atoms with Crippen LogP contribution in [0, 0.1) is 5.92 Å². The maximum atomic E-state index is 12.7. The molecule has 1 N–H and O–H groups in total. The number of benzene rings is 1. The molecule has 1 aliphatic rings. The van der Waals surface area contributed by atoms with Gasteiger partial charge in [0.15, 0.2) is 0 Å². The lowest BCUT2D eigenvalue weighted by Gasteiger charge is -2.31. The number of para-hydroxylation sites is 1. The second-order valence-electron chi connectivity index (χ2n) is 6.95. The minimum absolute atomic E-state index is 0.0191. The molecule has 3 heterocycles. The number of nitrogens with zero attached hydrogens (tertiary/aromatic N) is 3. The summed E-state index contributed by atoms with van der Waals surface area (Å²) >= 11 is 0. The summed E-state index contributed by atoms with van der Waals surface area (Å²) in [5.74, 6) is 1.09. The van der Waals surface area contributed by atoms with Crippen LogP contribution in [0.5, 0.6) is 0 Å². The highest BCUT2D eigenvalue weighted by atomic mass is 16.3. The zero-order valence-corrected chi connectivity index (χ0v) is 15.3. The van der Waals surface area contributed by atoms with Gasteiger partial charge in [-0.05, 0) is 49.2 Å². The van der Waals surface area contributed by atoms with Crippen LogP contribution in [-0.2, 0) is 17.9 Å². The minimum Gasteiger partial charge on any atom is -0.468 e. The van der Waals surface area contributed by atoms with E-state index in [0.29, 0.717) is 6.54 Å². The molecule has 1 amide bonds. The van der Waals surface area contributed by atoms with E-state index in [1.165, 1.54) is 0 Å². The SMILES string of the molecule is O=C(NCc1ccccc1-n1cccn1)[C@@H]1CCCN(Cc2ccco2)C1. The van der Waals surface area contributed by atoms with Gasteiger partial charge in [-0.15, -0.1) is 0 Å². The molecule has 1 fully saturated rings. The molecule has 6 nitrogen and oxygen atoms in total. The molecule has 27 heavy (non-hydrogen) atoms. The molecular weight excluding hydrogens is 340 g/mol. The first-order valence-corrected chi connectivity index (χ1v) is 9.40. The minimum atomic E-state index is 0.0191. The molecule has 0 spiro atoms. The molecule has 2 aromatic heterocycles. The zero-order chi connectivity index (χ0) is 18.5. The Balaban J connectivity index is 1.36. The summed E-state index contributed by atoms with van der Waals surface area (Å²) in [4.78, 5) is 15.0. The number of hydrogen-bond donors (Lipinski definition) is 1. The number of amides is 1. The third-order valence-corrected chi connectivity index (χ3v) is 5.03. The number of hydrogen-bond acceptors (Lipinski definition) is 4. The summed E-state index contributed by atoms with van der Waals surface area (Å²) in [6.45, 7) is 3.04. The highest BCUT2D eigenvalue weighted by molar-refractivity contribution is 5.79.